The molecule has 0 spiro atoms. The fourth-order valence-corrected chi connectivity index (χ4v) is 3.45. The van der Waals surface area contributed by atoms with Crippen molar-refractivity contribution < 1.29 is 4.79 Å². The van der Waals surface area contributed by atoms with Crippen molar-refractivity contribution in [1.82, 2.24) is 0 Å². The van der Waals surface area contributed by atoms with E-state index in [1.807, 2.05) is 0 Å². The number of fused-ring (bicyclic) bond motifs is 1. The molecule has 0 radical (unpaired) electrons. The van der Waals surface area contributed by atoms with Crippen LogP contribution in [0.3, 0.4) is 0 Å². The van der Waals surface area contributed by atoms with Gasteiger partial charge in [0.15, 0.2) is 0 Å². The van der Waals surface area contributed by atoms with E-state index in [0.29, 0.717) is 27.3 Å². The van der Waals surface area contributed by atoms with Crippen LogP contribution in [0.25, 0.3) is 0 Å². The van der Waals surface area contributed by atoms with E-state index < -0.39 is 0 Å². The summed E-state index contributed by atoms with van der Waals surface area (Å²) in [4.78, 5) is 12.0. The highest BCUT2D eigenvalue weighted by molar-refractivity contribution is 9.12. The third-order valence-corrected chi connectivity index (χ3v) is 5.57. The molecule has 0 heterocycles. The number of hydrogen-bond acceptors (Lipinski definition) is 1. The Hall–Kier alpha value is 0.630. The van der Waals surface area contributed by atoms with Gasteiger partial charge in [-0.3, -0.25) is 4.79 Å². The predicted octanol–water partition coefficient (Wildman–Crippen LogP) is 2.12. The smallest absolute Gasteiger partial charge is 0.136 e. The fraction of sp³-hybridized carbons (Fsp3) is 0.857. The Morgan fingerprint density at radius 1 is 1.40 bits per heavy atom. The van der Waals surface area contributed by atoms with Crippen molar-refractivity contribution in [2.75, 3.05) is 0 Å². The van der Waals surface area contributed by atoms with Crippen molar-refractivity contribution in [3.8, 4) is 0 Å². The lowest BCUT2D eigenvalue weighted by Gasteiger charge is -2.29. The van der Waals surface area contributed by atoms with Crippen molar-refractivity contribution in [2.24, 2.45) is 11.8 Å². The molecule has 3 heteroatoms. The number of rotatable bonds is 0. The molecular weight excluding hydrogens is 260 g/mol. The maximum Gasteiger partial charge on any atom is 0.136 e. The van der Waals surface area contributed by atoms with Crippen molar-refractivity contribution in [2.45, 2.75) is 22.5 Å². The number of ketones is 1. The largest absolute Gasteiger partial charge is 0.299 e. The summed E-state index contributed by atoms with van der Waals surface area (Å²) < 4.78 is 0. The second-order valence-electron chi connectivity index (χ2n) is 3.14. The zero-order valence-electron chi connectivity index (χ0n) is 5.39. The van der Waals surface area contributed by atoms with Crippen LogP contribution in [0.1, 0.15) is 12.8 Å². The SMILES string of the molecule is O=C1C[C@@H]2[C@@H](Br)[C@H](Br)C[C@H]12. The van der Waals surface area contributed by atoms with Gasteiger partial charge in [-0.05, 0) is 12.3 Å². The van der Waals surface area contributed by atoms with Crippen LogP contribution in [0.15, 0.2) is 0 Å². The molecule has 10 heavy (non-hydrogen) atoms. The first-order valence-electron chi connectivity index (χ1n) is 3.51. The number of carbonyl (C=O) groups is 1. The lowest BCUT2D eigenvalue weighted by atomic mass is 9.75. The second-order valence-corrected chi connectivity index (χ2v) is 5.37. The molecular formula is C7H8Br2O. The third-order valence-electron chi connectivity index (χ3n) is 2.60. The van der Waals surface area contributed by atoms with Crippen LogP contribution in [-0.4, -0.2) is 15.4 Å². The standard InChI is InChI=1S/C7H8Br2O/c8-5-1-3-4(7(5)9)2-6(3)10/h3-5,7H,1-2H2/t3-,4-,5+,7+/m0/s1. The van der Waals surface area contributed by atoms with Crippen molar-refractivity contribution in [3.63, 3.8) is 0 Å². The quantitative estimate of drug-likeness (QED) is 0.615. The van der Waals surface area contributed by atoms with Gasteiger partial charge in [0.1, 0.15) is 5.78 Å². The molecule has 4 atom stereocenters. The lowest BCUT2D eigenvalue weighted by Crippen LogP contribution is -2.36. The molecule has 2 rings (SSSR count). The summed E-state index contributed by atoms with van der Waals surface area (Å²) in [6.07, 6.45) is 1.85. The average molecular weight is 268 g/mol. The highest BCUT2D eigenvalue weighted by atomic mass is 79.9. The van der Waals surface area contributed by atoms with Gasteiger partial charge in [-0.25, -0.2) is 0 Å². The van der Waals surface area contributed by atoms with Crippen LogP contribution >= 0.6 is 31.9 Å². The minimum absolute atomic E-state index is 0.383. The first-order valence-corrected chi connectivity index (χ1v) is 5.34. The van der Waals surface area contributed by atoms with E-state index in [1.54, 1.807) is 0 Å². The third kappa shape index (κ3) is 0.828. The Kier molecular flexibility index (Phi) is 1.68. The van der Waals surface area contributed by atoms with Gasteiger partial charge in [-0.2, -0.15) is 0 Å². The minimum Gasteiger partial charge on any atom is -0.299 e. The van der Waals surface area contributed by atoms with Gasteiger partial charge in [-0.1, -0.05) is 31.9 Å². The normalized spacial score (nSPS) is 52.4. The molecule has 0 aromatic rings. The zero-order valence-corrected chi connectivity index (χ0v) is 8.56. The molecule has 0 aromatic carbocycles. The Morgan fingerprint density at radius 3 is 2.50 bits per heavy atom. The van der Waals surface area contributed by atoms with E-state index in [-0.39, 0.29) is 0 Å². The topological polar surface area (TPSA) is 17.1 Å². The molecule has 0 N–H and O–H groups in total. The zero-order chi connectivity index (χ0) is 7.30. The molecule has 1 nitrogen and oxygen atoms in total. The number of carbonyl (C=O) groups excluding carboxylic acids is 1. The van der Waals surface area contributed by atoms with Crippen LogP contribution in [0.2, 0.25) is 0 Å². The van der Waals surface area contributed by atoms with E-state index in [0.717, 1.165) is 12.8 Å². The average Bonchev–Trinajstić information content (AvgIpc) is 2.12. The summed E-state index contributed by atoms with van der Waals surface area (Å²) in [5, 5.41) is 0. The van der Waals surface area contributed by atoms with Crippen LogP contribution in [0.5, 0.6) is 0 Å². The number of halogens is 2. The van der Waals surface area contributed by atoms with Crippen molar-refractivity contribution in [3.05, 3.63) is 0 Å². The van der Waals surface area contributed by atoms with Crippen LogP contribution in [0, 0.1) is 11.8 Å². The minimum atomic E-state index is 0.383. The highest BCUT2D eigenvalue weighted by Gasteiger charge is 2.51. The summed E-state index contributed by atoms with van der Waals surface area (Å²) in [6, 6.07) is 0. The number of hydrogen-bond donors (Lipinski definition) is 0. The molecule has 0 aliphatic heterocycles. The van der Waals surface area contributed by atoms with Gasteiger partial charge in [-0.15, -0.1) is 0 Å². The van der Waals surface area contributed by atoms with Crippen LogP contribution in [0.4, 0.5) is 0 Å². The summed E-state index contributed by atoms with van der Waals surface area (Å²) in [5.74, 6) is 1.49. The number of alkyl halides is 2. The molecule has 56 valence electrons. The van der Waals surface area contributed by atoms with Gasteiger partial charge in [0.2, 0.25) is 0 Å². The van der Waals surface area contributed by atoms with Crippen LogP contribution < -0.4 is 0 Å². The van der Waals surface area contributed by atoms with Gasteiger partial charge in [0, 0.05) is 22.0 Å². The highest BCUT2D eigenvalue weighted by Crippen LogP contribution is 2.49. The van der Waals surface area contributed by atoms with Gasteiger partial charge in [0.25, 0.3) is 0 Å². The fourth-order valence-electron chi connectivity index (χ4n) is 1.89. The number of Topliss-reactive ketones (excluding diaryl/α,β-unsaturated/α-hetero) is 1. The second kappa shape index (κ2) is 2.31. The lowest BCUT2D eigenvalue weighted by molar-refractivity contribution is -0.132. The van der Waals surface area contributed by atoms with Crippen LogP contribution in [-0.2, 0) is 4.79 Å². The van der Waals surface area contributed by atoms with E-state index >= 15 is 0 Å². The molecule has 2 aliphatic rings. The maximum absolute atomic E-state index is 11.0. The van der Waals surface area contributed by atoms with Gasteiger partial charge < -0.3 is 0 Å². The monoisotopic (exact) mass is 266 g/mol. The van der Waals surface area contributed by atoms with Crippen molar-refractivity contribution >= 4 is 37.6 Å². The Bertz CT molecular complexity index is 180. The van der Waals surface area contributed by atoms with E-state index in [4.69, 9.17) is 0 Å². The Balaban J connectivity index is 2.13. The summed E-state index contributed by atoms with van der Waals surface area (Å²) >= 11 is 7.14. The van der Waals surface area contributed by atoms with E-state index in [1.165, 1.54) is 0 Å². The van der Waals surface area contributed by atoms with Gasteiger partial charge >= 0.3 is 0 Å². The first kappa shape index (κ1) is 7.29. The predicted molar refractivity (Wildman–Crippen MR) is 46.7 cm³/mol. The molecule has 0 saturated heterocycles. The molecule has 2 fully saturated rings. The maximum atomic E-state index is 11.0. The molecule has 2 aliphatic carbocycles. The molecule has 2 saturated carbocycles. The van der Waals surface area contributed by atoms with E-state index in [2.05, 4.69) is 31.9 Å². The molecule has 0 bridgehead atoms. The van der Waals surface area contributed by atoms with Gasteiger partial charge in [0.05, 0.1) is 0 Å². The summed E-state index contributed by atoms with van der Waals surface area (Å²) in [7, 11) is 0. The van der Waals surface area contributed by atoms with E-state index in [9.17, 15) is 4.79 Å². The summed E-state index contributed by atoms with van der Waals surface area (Å²) in [5.41, 5.74) is 0. The first-order chi connectivity index (χ1) is 4.70. The summed E-state index contributed by atoms with van der Waals surface area (Å²) in [6.45, 7) is 0. The Morgan fingerprint density at radius 2 is 2.10 bits per heavy atom. The molecule has 0 amide bonds. The Labute approximate surface area is 76.8 Å². The van der Waals surface area contributed by atoms with Crippen molar-refractivity contribution in [1.29, 1.82) is 0 Å². The molecule has 0 aromatic heterocycles. The molecule has 0 unspecified atom stereocenters.